The molecule has 1 amide bonds. The third kappa shape index (κ3) is 2.73. The Labute approximate surface area is 97.3 Å². The van der Waals surface area contributed by atoms with Crippen LogP contribution >= 0.6 is 0 Å². The number of alkyl halides is 3. The Kier molecular flexibility index (Phi) is 3.54. The number of nitrogens with two attached hydrogens (primary N) is 1. The van der Waals surface area contributed by atoms with E-state index in [0.29, 0.717) is 18.2 Å². The normalized spacial score (nSPS) is 13.1. The van der Waals surface area contributed by atoms with Crippen molar-refractivity contribution in [1.82, 2.24) is 0 Å². The lowest BCUT2D eigenvalue weighted by Crippen LogP contribution is -2.34. The van der Waals surface area contributed by atoms with Gasteiger partial charge < -0.3 is 5.73 Å². The number of nitrogens with zero attached hydrogens (tertiary/aromatic N) is 1. The Morgan fingerprint density at radius 1 is 1.39 bits per heavy atom. The minimum atomic E-state index is -5.12. The molecule has 0 aromatic heterocycles. The van der Waals surface area contributed by atoms with Gasteiger partial charge in [-0.3, -0.25) is 14.9 Å². The van der Waals surface area contributed by atoms with Gasteiger partial charge in [-0.2, -0.15) is 13.2 Å². The van der Waals surface area contributed by atoms with Crippen molar-refractivity contribution in [1.29, 1.82) is 0 Å². The van der Waals surface area contributed by atoms with Crippen molar-refractivity contribution in [2.24, 2.45) is 5.73 Å². The average Bonchev–Trinajstić information content (AvgIpc) is 2.18. The van der Waals surface area contributed by atoms with Crippen LogP contribution < -0.4 is 5.73 Å². The monoisotopic (exact) mass is 266 g/mol. The van der Waals surface area contributed by atoms with Crippen LogP contribution in [0.5, 0.6) is 0 Å². The van der Waals surface area contributed by atoms with Gasteiger partial charge in [-0.25, -0.2) is 4.39 Å². The van der Waals surface area contributed by atoms with Gasteiger partial charge >= 0.3 is 6.18 Å². The highest BCUT2D eigenvalue weighted by atomic mass is 19.4. The highest BCUT2D eigenvalue weighted by Crippen LogP contribution is 2.37. The van der Waals surface area contributed by atoms with Crippen LogP contribution in [0.4, 0.5) is 23.2 Å². The first-order chi connectivity index (χ1) is 8.14. The van der Waals surface area contributed by atoms with Crippen molar-refractivity contribution in [2.45, 2.75) is 12.1 Å². The molecule has 0 saturated carbocycles. The lowest BCUT2D eigenvalue weighted by molar-refractivity contribution is -0.385. The van der Waals surface area contributed by atoms with E-state index in [0.717, 1.165) is 0 Å². The van der Waals surface area contributed by atoms with Crippen molar-refractivity contribution in [3.63, 3.8) is 0 Å². The summed E-state index contributed by atoms with van der Waals surface area (Å²) < 4.78 is 50.8. The quantitative estimate of drug-likeness (QED) is 0.514. The van der Waals surface area contributed by atoms with Crippen LogP contribution in [0, 0.1) is 15.9 Å². The summed E-state index contributed by atoms with van der Waals surface area (Å²) in [6.45, 7) is 0. The van der Waals surface area contributed by atoms with Crippen LogP contribution in [0.1, 0.15) is 11.5 Å². The molecule has 1 atom stereocenters. The third-order valence-corrected chi connectivity index (χ3v) is 2.11. The van der Waals surface area contributed by atoms with Crippen molar-refractivity contribution in [2.75, 3.05) is 0 Å². The van der Waals surface area contributed by atoms with Gasteiger partial charge in [0.15, 0.2) is 5.92 Å². The van der Waals surface area contributed by atoms with Crippen molar-refractivity contribution in [3.05, 3.63) is 39.7 Å². The Hall–Kier alpha value is -2.19. The summed E-state index contributed by atoms with van der Waals surface area (Å²) >= 11 is 0. The van der Waals surface area contributed by atoms with Gasteiger partial charge in [0, 0.05) is 17.7 Å². The zero-order chi connectivity index (χ0) is 14.1. The summed E-state index contributed by atoms with van der Waals surface area (Å²) in [4.78, 5) is 20.1. The molecule has 0 spiro atoms. The topological polar surface area (TPSA) is 86.2 Å². The van der Waals surface area contributed by atoms with E-state index in [1.54, 1.807) is 0 Å². The maximum Gasteiger partial charge on any atom is 0.404 e. The van der Waals surface area contributed by atoms with E-state index in [2.05, 4.69) is 5.73 Å². The average molecular weight is 266 g/mol. The van der Waals surface area contributed by atoms with E-state index in [4.69, 9.17) is 0 Å². The number of nitro benzene ring substituents is 1. The maximum atomic E-state index is 13.2. The molecule has 0 aliphatic heterocycles. The van der Waals surface area contributed by atoms with Gasteiger partial charge in [0.05, 0.1) is 4.92 Å². The highest BCUT2D eigenvalue weighted by Gasteiger charge is 2.46. The Bertz CT molecular complexity index is 501. The molecule has 0 aliphatic carbocycles. The minimum absolute atomic E-state index is 0.345. The number of halogens is 4. The third-order valence-electron chi connectivity index (χ3n) is 2.11. The molecule has 1 rings (SSSR count). The fourth-order valence-corrected chi connectivity index (χ4v) is 1.36. The first-order valence-electron chi connectivity index (χ1n) is 4.44. The van der Waals surface area contributed by atoms with Gasteiger partial charge in [0.2, 0.25) is 5.91 Å². The number of amides is 1. The number of non-ortho nitro benzene ring substituents is 1. The molecule has 2 N–H and O–H groups in total. The van der Waals surface area contributed by atoms with Crippen LogP contribution in [-0.4, -0.2) is 17.0 Å². The molecule has 0 fully saturated rings. The number of hydrogen-bond donors (Lipinski definition) is 1. The second kappa shape index (κ2) is 4.59. The summed E-state index contributed by atoms with van der Waals surface area (Å²) in [6.07, 6.45) is -5.12. The Morgan fingerprint density at radius 2 is 1.94 bits per heavy atom. The predicted molar refractivity (Wildman–Crippen MR) is 51.0 cm³/mol. The fourth-order valence-electron chi connectivity index (χ4n) is 1.36. The maximum absolute atomic E-state index is 13.2. The Balaban J connectivity index is 3.41. The lowest BCUT2D eigenvalue weighted by Gasteiger charge is -2.17. The van der Waals surface area contributed by atoms with Crippen LogP contribution in [0.3, 0.4) is 0 Å². The summed E-state index contributed by atoms with van der Waals surface area (Å²) in [6, 6.07) is 1.51. The van der Waals surface area contributed by atoms with Gasteiger partial charge in [0.25, 0.3) is 5.69 Å². The first kappa shape index (κ1) is 13.9. The molecule has 9 heteroatoms. The number of hydrogen-bond acceptors (Lipinski definition) is 3. The lowest BCUT2D eigenvalue weighted by atomic mass is 9.97. The summed E-state index contributed by atoms with van der Waals surface area (Å²) in [7, 11) is 0. The number of primary amides is 1. The van der Waals surface area contributed by atoms with E-state index in [9.17, 15) is 32.5 Å². The number of nitro groups is 1. The second-order valence-corrected chi connectivity index (χ2v) is 3.34. The van der Waals surface area contributed by atoms with Crippen LogP contribution in [-0.2, 0) is 4.79 Å². The summed E-state index contributed by atoms with van der Waals surface area (Å²) in [5, 5.41) is 10.4. The highest BCUT2D eigenvalue weighted by molar-refractivity contribution is 5.83. The molecule has 18 heavy (non-hydrogen) atoms. The van der Waals surface area contributed by atoms with Crippen LogP contribution in [0.2, 0.25) is 0 Å². The van der Waals surface area contributed by atoms with Crippen molar-refractivity contribution < 1.29 is 27.3 Å². The van der Waals surface area contributed by atoms with E-state index < -0.39 is 40.0 Å². The number of carbonyl (C=O) groups excluding carboxylic acids is 1. The van der Waals surface area contributed by atoms with Gasteiger partial charge in [-0.15, -0.1) is 0 Å². The number of benzene rings is 1. The zero-order valence-electron chi connectivity index (χ0n) is 8.57. The van der Waals surface area contributed by atoms with E-state index >= 15 is 0 Å². The summed E-state index contributed by atoms with van der Waals surface area (Å²) in [5.41, 5.74) is 2.63. The molecular weight excluding hydrogens is 260 g/mol. The van der Waals surface area contributed by atoms with E-state index in [-0.39, 0.29) is 0 Å². The first-order valence-corrected chi connectivity index (χ1v) is 4.44. The second-order valence-electron chi connectivity index (χ2n) is 3.34. The van der Waals surface area contributed by atoms with Gasteiger partial charge in [-0.05, 0) is 6.07 Å². The zero-order valence-corrected chi connectivity index (χ0v) is 8.57. The van der Waals surface area contributed by atoms with Crippen molar-refractivity contribution >= 4 is 11.6 Å². The SMILES string of the molecule is NC(=O)C(c1cc([N+](=O)[O-])ccc1F)C(F)(F)F. The molecule has 98 valence electrons. The summed E-state index contributed by atoms with van der Waals surface area (Å²) in [5.74, 6) is -6.14. The van der Waals surface area contributed by atoms with Crippen molar-refractivity contribution in [3.8, 4) is 0 Å². The molecule has 1 aromatic rings. The molecule has 0 radical (unpaired) electrons. The predicted octanol–water partition coefficient (Wildman–Crippen LogP) is 1.87. The largest absolute Gasteiger partial charge is 0.404 e. The van der Waals surface area contributed by atoms with Crippen LogP contribution in [0.25, 0.3) is 0 Å². The minimum Gasteiger partial charge on any atom is -0.369 e. The molecule has 0 saturated heterocycles. The molecule has 1 aromatic carbocycles. The fraction of sp³-hybridized carbons (Fsp3) is 0.222. The van der Waals surface area contributed by atoms with Gasteiger partial charge in [-0.1, -0.05) is 0 Å². The molecule has 1 unspecified atom stereocenters. The van der Waals surface area contributed by atoms with Crippen LogP contribution in [0.15, 0.2) is 18.2 Å². The Morgan fingerprint density at radius 3 is 2.33 bits per heavy atom. The van der Waals surface area contributed by atoms with E-state index in [1.165, 1.54) is 0 Å². The molecule has 0 bridgehead atoms. The van der Waals surface area contributed by atoms with Gasteiger partial charge in [0.1, 0.15) is 5.82 Å². The number of rotatable bonds is 3. The van der Waals surface area contributed by atoms with E-state index in [1.807, 2.05) is 0 Å². The molecule has 0 heterocycles. The molecular formula is C9H6F4N2O3. The standard InChI is InChI=1S/C9H6F4N2O3/c10-6-2-1-4(15(17)18)3-5(6)7(8(14)16)9(11,12)13/h1-3,7H,(H2,14,16). The smallest absolute Gasteiger partial charge is 0.369 e. The molecule has 0 aliphatic rings. The molecule has 5 nitrogen and oxygen atoms in total. The number of carbonyl (C=O) groups is 1.